The fraction of sp³-hybridized carbons (Fsp3) is 0.900. The van der Waals surface area contributed by atoms with Gasteiger partial charge in [-0.25, -0.2) is 12.7 Å². The number of hydrogen-bond donors (Lipinski definition) is 2. The SMILES string of the molecule is CN=C(NCC1CN(S(C)(=O)=O)C1)NC1CC1. The second-order valence-corrected chi connectivity index (χ2v) is 6.80. The summed E-state index contributed by atoms with van der Waals surface area (Å²) in [5.41, 5.74) is 0. The van der Waals surface area contributed by atoms with E-state index < -0.39 is 10.0 Å². The van der Waals surface area contributed by atoms with Crippen LogP contribution in [0.2, 0.25) is 0 Å². The number of aliphatic imine (C=N–C) groups is 1. The van der Waals surface area contributed by atoms with E-state index in [1.165, 1.54) is 23.4 Å². The van der Waals surface area contributed by atoms with E-state index in [-0.39, 0.29) is 0 Å². The van der Waals surface area contributed by atoms with Crippen LogP contribution in [0.15, 0.2) is 4.99 Å². The maximum absolute atomic E-state index is 11.2. The maximum Gasteiger partial charge on any atom is 0.211 e. The number of guanidine groups is 1. The maximum atomic E-state index is 11.2. The summed E-state index contributed by atoms with van der Waals surface area (Å²) >= 11 is 0. The third kappa shape index (κ3) is 3.57. The zero-order valence-electron chi connectivity index (χ0n) is 10.3. The molecule has 7 heteroatoms. The van der Waals surface area contributed by atoms with Crippen molar-refractivity contribution < 1.29 is 8.42 Å². The molecule has 0 bridgehead atoms. The molecule has 0 radical (unpaired) electrons. The highest BCUT2D eigenvalue weighted by Crippen LogP contribution is 2.19. The van der Waals surface area contributed by atoms with Crippen molar-refractivity contribution in [3.05, 3.63) is 0 Å². The molecule has 2 fully saturated rings. The molecule has 2 aliphatic rings. The highest BCUT2D eigenvalue weighted by molar-refractivity contribution is 7.88. The van der Waals surface area contributed by atoms with Gasteiger partial charge in [0, 0.05) is 38.6 Å². The average Bonchev–Trinajstić information content (AvgIpc) is 2.95. The van der Waals surface area contributed by atoms with Crippen molar-refractivity contribution in [2.75, 3.05) is 32.9 Å². The highest BCUT2D eigenvalue weighted by Gasteiger charge is 2.33. The molecule has 98 valence electrons. The molecule has 1 saturated heterocycles. The molecule has 2 rings (SSSR count). The van der Waals surface area contributed by atoms with E-state index in [1.807, 2.05) is 0 Å². The largest absolute Gasteiger partial charge is 0.356 e. The zero-order chi connectivity index (χ0) is 12.5. The summed E-state index contributed by atoms with van der Waals surface area (Å²) in [6.45, 7) is 2.01. The summed E-state index contributed by atoms with van der Waals surface area (Å²) in [6, 6.07) is 0.579. The Labute approximate surface area is 103 Å². The Kier molecular flexibility index (Phi) is 3.58. The smallest absolute Gasteiger partial charge is 0.211 e. The van der Waals surface area contributed by atoms with E-state index >= 15 is 0 Å². The molecule has 0 amide bonds. The molecule has 0 aromatic rings. The standard InChI is InChI=1S/C10H20N4O2S/c1-11-10(13-9-3-4-9)12-5-8-6-14(7-8)17(2,15)16/h8-9H,3-7H2,1-2H3,(H2,11,12,13). The Morgan fingerprint density at radius 2 is 2.06 bits per heavy atom. The van der Waals surface area contributed by atoms with Crippen LogP contribution in [0.4, 0.5) is 0 Å². The van der Waals surface area contributed by atoms with Gasteiger partial charge in [0.1, 0.15) is 0 Å². The van der Waals surface area contributed by atoms with Gasteiger partial charge in [0.2, 0.25) is 10.0 Å². The van der Waals surface area contributed by atoms with E-state index in [9.17, 15) is 8.42 Å². The highest BCUT2D eigenvalue weighted by atomic mass is 32.2. The van der Waals surface area contributed by atoms with Gasteiger partial charge >= 0.3 is 0 Å². The summed E-state index contributed by atoms with van der Waals surface area (Å²) in [6.07, 6.45) is 3.68. The van der Waals surface area contributed by atoms with Crippen LogP contribution in [0.1, 0.15) is 12.8 Å². The first-order valence-corrected chi connectivity index (χ1v) is 7.76. The number of rotatable bonds is 4. The van der Waals surface area contributed by atoms with Gasteiger partial charge in [-0.05, 0) is 12.8 Å². The Morgan fingerprint density at radius 3 is 2.53 bits per heavy atom. The van der Waals surface area contributed by atoms with Crippen molar-refractivity contribution >= 4 is 16.0 Å². The third-order valence-electron chi connectivity index (χ3n) is 3.09. The minimum atomic E-state index is -2.99. The van der Waals surface area contributed by atoms with Crippen molar-refractivity contribution in [1.82, 2.24) is 14.9 Å². The van der Waals surface area contributed by atoms with Crippen LogP contribution in [0.25, 0.3) is 0 Å². The quantitative estimate of drug-likeness (QED) is 0.513. The van der Waals surface area contributed by atoms with Crippen LogP contribution < -0.4 is 10.6 Å². The van der Waals surface area contributed by atoms with Gasteiger partial charge in [-0.2, -0.15) is 0 Å². The van der Waals surface area contributed by atoms with Crippen LogP contribution in [0.3, 0.4) is 0 Å². The molecule has 0 aromatic carbocycles. The monoisotopic (exact) mass is 260 g/mol. The summed E-state index contributed by atoms with van der Waals surface area (Å²) in [4.78, 5) is 4.13. The second kappa shape index (κ2) is 4.81. The normalized spacial score (nSPS) is 23.3. The summed E-state index contributed by atoms with van der Waals surface area (Å²) < 4.78 is 23.8. The Morgan fingerprint density at radius 1 is 1.41 bits per heavy atom. The van der Waals surface area contributed by atoms with Crippen molar-refractivity contribution in [2.24, 2.45) is 10.9 Å². The van der Waals surface area contributed by atoms with Gasteiger partial charge in [0.15, 0.2) is 5.96 Å². The lowest BCUT2D eigenvalue weighted by molar-refractivity contribution is 0.203. The van der Waals surface area contributed by atoms with Crippen molar-refractivity contribution in [3.8, 4) is 0 Å². The van der Waals surface area contributed by atoms with Crippen molar-refractivity contribution in [3.63, 3.8) is 0 Å². The molecular formula is C10H20N4O2S. The molecule has 1 aliphatic heterocycles. The minimum absolute atomic E-state index is 0.391. The van der Waals surface area contributed by atoms with E-state index in [1.54, 1.807) is 7.05 Å². The minimum Gasteiger partial charge on any atom is -0.356 e. The van der Waals surface area contributed by atoms with Gasteiger partial charge < -0.3 is 10.6 Å². The lowest BCUT2D eigenvalue weighted by Crippen LogP contribution is -2.54. The fourth-order valence-electron chi connectivity index (χ4n) is 1.78. The number of sulfonamides is 1. The van der Waals surface area contributed by atoms with Crippen LogP contribution >= 0.6 is 0 Å². The van der Waals surface area contributed by atoms with Gasteiger partial charge in [-0.15, -0.1) is 0 Å². The second-order valence-electron chi connectivity index (χ2n) is 4.82. The molecule has 2 N–H and O–H groups in total. The average molecular weight is 260 g/mol. The Balaban J connectivity index is 1.66. The Bertz CT molecular complexity index is 397. The van der Waals surface area contributed by atoms with E-state index in [4.69, 9.17) is 0 Å². The van der Waals surface area contributed by atoms with Crippen LogP contribution in [-0.4, -0.2) is 57.7 Å². The van der Waals surface area contributed by atoms with E-state index in [0.717, 1.165) is 12.5 Å². The van der Waals surface area contributed by atoms with E-state index in [0.29, 0.717) is 25.0 Å². The van der Waals surface area contributed by atoms with Gasteiger partial charge in [-0.1, -0.05) is 0 Å². The molecule has 0 aromatic heterocycles. The lowest BCUT2D eigenvalue weighted by atomic mass is 10.0. The fourth-order valence-corrected chi connectivity index (χ4v) is 2.74. The number of hydrogen-bond acceptors (Lipinski definition) is 3. The van der Waals surface area contributed by atoms with Crippen molar-refractivity contribution in [1.29, 1.82) is 0 Å². The molecule has 17 heavy (non-hydrogen) atoms. The van der Waals surface area contributed by atoms with Crippen LogP contribution in [0, 0.1) is 5.92 Å². The summed E-state index contributed by atoms with van der Waals surface area (Å²) in [5, 5.41) is 6.52. The number of nitrogens with one attached hydrogen (secondary N) is 2. The van der Waals surface area contributed by atoms with Gasteiger partial charge in [-0.3, -0.25) is 4.99 Å². The van der Waals surface area contributed by atoms with E-state index in [2.05, 4.69) is 15.6 Å². The van der Waals surface area contributed by atoms with Crippen LogP contribution in [-0.2, 0) is 10.0 Å². The first kappa shape index (κ1) is 12.6. The summed E-state index contributed by atoms with van der Waals surface area (Å²) in [7, 11) is -1.24. The van der Waals surface area contributed by atoms with Crippen LogP contribution in [0.5, 0.6) is 0 Å². The first-order valence-electron chi connectivity index (χ1n) is 5.91. The summed E-state index contributed by atoms with van der Waals surface area (Å²) in [5.74, 6) is 1.22. The molecule has 1 aliphatic carbocycles. The molecule has 0 unspecified atom stereocenters. The molecule has 0 atom stereocenters. The predicted molar refractivity (Wildman–Crippen MR) is 67.4 cm³/mol. The van der Waals surface area contributed by atoms with Gasteiger partial charge in [0.05, 0.1) is 6.26 Å². The topological polar surface area (TPSA) is 73.8 Å². The lowest BCUT2D eigenvalue weighted by Gasteiger charge is -2.37. The molecule has 1 heterocycles. The Hall–Kier alpha value is -0.820. The number of nitrogens with zero attached hydrogens (tertiary/aromatic N) is 2. The molecule has 6 nitrogen and oxygen atoms in total. The third-order valence-corrected chi connectivity index (χ3v) is 4.33. The molecule has 0 spiro atoms. The van der Waals surface area contributed by atoms with Gasteiger partial charge in [0.25, 0.3) is 0 Å². The molecule has 1 saturated carbocycles. The zero-order valence-corrected chi connectivity index (χ0v) is 11.1. The molecular weight excluding hydrogens is 240 g/mol. The predicted octanol–water partition coefficient (Wildman–Crippen LogP) is -0.795. The first-order chi connectivity index (χ1) is 7.99. The van der Waals surface area contributed by atoms with Crippen molar-refractivity contribution in [2.45, 2.75) is 18.9 Å².